The average Bonchev–Trinajstić information content (AvgIpc) is 1.60. The number of hydrogen-bond acceptors (Lipinski definition) is 32. The summed E-state index contributed by atoms with van der Waals surface area (Å²) in [5.41, 5.74) is 19.5. The molecule has 137 heavy (non-hydrogen) atoms. The number of aryl methyl sites for hydroxylation is 1. The Balaban J connectivity index is 0.000000117. The van der Waals surface area contributed by atoms with Crippen LogP contribution in [0.25, 0.3) is 135 Å². The van der Waals surface area contributed by atoms with Crippen molar-refractivity contribution < 1.29 is 23.2 Å². The van der Waals surface area contributed by atoms with E-state index in [0.717, 1.165) is 113 Å². The fourth-order valence-electron chi connectivity index (χ4n) is 17.1. The van der Waals surface area contributed by atoms with Crippen molar-refractivity contribution in [3.05, 3.63) is 318 Å². The Labute approximate surface area is 795 Å². The topological polar surface area (TPSA) is 398 Å². The number of aromatic nitrogens is 20. The van der Waals surface area contributed by atoms with Gasteiger partial charge in [0.15, 0.2) is 41.1 Å². The maximum Gasteiger partial charge on any atom is 0.390 e. The third-order valence-corrected chi connectivity index (χ3v) is 26.7. The summed E-state index contributed by atoms with van der Waals surface area (Å²) in [6.07, 6.45) is 24.0. The molecule has 21 aromatic rings. The van der Waals surface area contributed by atoms with E-state index >= 15 is 0 Å². The van der Waals surface area contributed by atoms with E-state index < -0.39 is 0 Å². The lowest BCUT2D eigenvalue weighted by Gasteiger charge is -2.24. The van der Waals surface area contributed by atoms with Crippen molar-refractivity contribution in [2.45, 2.75) is 105 Å². The average molecular weight is 1890 g/mol. The third-order valence-electron chi connectivity index (χ3n) is 23.5. The minimum Gasteiger partial charge on any atom is -0.467 e. The van der Waals surface area contributed by atoms with Gasteiger partial charge in [-0.1, -0.05) is 89.2 Å². The van der Waals surface area contributed by atoms with Crippen LogP contribution in [0.2, 0.25) is 0 Å². The van der Waals surface area contributed by atoms with E-state index in [0.29, 0.717) is 85.4 Å². The molecule has 18 heterocycles. The number of ether oxygens (including phenoxy) is 1. The van der Waals surface area contributed by atoms with Gasteiger partial charge in [0.1, 0.15) is 47.5 Å². The number of hydrogen-bond donors (Lipinski definition) is 4. The number of anilines is 4. The molecule has 682 valence electrons. The number of carbonyl (C=O) groups is 1. The summed E-state index contributed by atoms with van der Waals surface area (Å²) in [6, 6.07) is 43.6. The van der Waals surface area contributed by atoms with E-state index in [2.05, 4.69) is 114 Å². The highest BCUT2D eigenvalue weighted by Gasteiger charge is 2.29. The van der Waals surface area contributed by atoms with Crippen molar-refractivity contribution in [3.63, 3.8) is 0 Å². The predicted octanol–water partition coefficient (Wildman–Crippen LogP) is 19.5. The van der Waals surface area contributed by atoms with Crippen LogP contribution in [0.4, 0.5) is 23.3 Å². The Morgan fingerprint density at radius 2 is 0.759 bits per heavy atom. The molecule has 0 aliphatic carbocycles. The number of benzene rings is 4. The van der Waals surface area contributed by atoms with Gasteiger partial charge in [-0.3, -0.25) is 28.3 Å². The monoisotopic (exact) mass is 1890 g/mol. The number of nitrogens with zero attached hydrogens (tertiary/aromatic N) is 21. The summed E-state index contributed by atoms with van der Waals surface area (Å²) < 4.78 is 27.9. The predicted molar refractivity (Wildman–Crippen MR) is 538 cm³/mol. The normalized spacial score (nSPS) is 13.0. The molecule has 37 heteroatoms. The van der Waals surface area contributed by atoms with E-state index in [-0.39, 0.29) is 70.4 Å². The second-order valence-corrected chi connectivity index (χ2v) is 36.4. The van der Waals surface area contributed by atoms with Gasteiger partial charge in [-0.05, 0) is 155 Å². The van der Waals surface area contributed by atoms with Crippen LogP contribution in [-0.2, 0) is 4.79 Å². The Kier molecular flexibility index (Phi) is 25.4. The van der Waals surface area contributed by atoms with Crippen molar-refractivity contribution in [3.8, 4) is 51.0 Å². The van der Waals surface area contributed by atoms with Crippen molar-refractivity contribution in [1.29, 1.82) is 0 Å². The first-order valence-corrected chi connectivity index (χ1v) is 47.2. The summed E-state index contributed by atoms with van der Waals surface area (Å²) in [4.78, 5) is 120. The first-order chi connectivity index (χ1) is 66.6. The standard InChI is InChI=1S/C26H26N5O2S.C25H19N7O3S.C25H19N7O2S.C24H22N6OS/c1-15(2)31-20(16(3)29-25-24-21(10-11-27-25)34-14-28-24)12-17-6-5-7-19(23(17)26(31)33)18-8-9-22(32)30(4)13-18;1-14(30-23-22-19(6-8-26-23)36-13-29-22)18-10-15-4-3-5-17(16-11-27-25(34-2)28-12-16)21(15)24(33)32(18)20-7-9-35-31-20;1-14(30-24-23-20(6-8-26-24)35-13-29-23)19-10-16-4-3-5-18(17-11-27-15(2)28-12-17)22(16)25(33)32(19)21-7-9-34-31-21;1-14(2)30-19(15(3)29-23-22-20(8-9-25-23)32-13-26-22)11-16-5-4-6-18(21(16)24(30)31)17-7-10-27-28-12-17/h5-8,10-16H,9H2,1-4H3,(H,27,29);3-14H,1-2H3,(H,26,30);3-14H,1-2H3,(H,26,30);4-15H,1-3H3,(H,25,29)/q+1;;;/t16-;2*14-;15-/m0000/s1. The molecule has 0 saturated heterocycles. The smallest absolute Gasteiger partial charge is 0.390 e. The maximum atomic E-state index is 14.1. The van der Waals surface area contributed by atoms with Crippen molar-refractivity contribution >= 4 is 170 Å². The first-order valence-electron chi connectivity index (χ1n) is 43.7. The molecule has 4 atom stereocenters. The number of rotatable bonds is 21. The number of amides is 1. The lowest BCUT2D eigenvalue weighted by atomic mass is 9.96. The van der Waals surface area contributed by atoms with E-state index in [4.69, 9.17) is 13.8 Å². The number of nitrogens with one attached hydrogen (secondary N) is 4. The molecule has 0 radical (unpaired) electrons. The van der Waals surface area contributed by atoms with Crippen LogP contribution in [0.15, 0.2) is 270 Å². The quantitative estimate of drug-likeness (QED) is 0.0485. The van der Waals surface area contributed by atoms with Gasteiger partial charge >= 0.3 is 11.9 Å². The van der Waals surface area contributed by atoms with Gasteiger partial charge in [0.2, 0.25) is 0 Å². The molecule has 0 unspecified atom stereocenters. The molecule has 33 nitrogen and oxygen atoms in total. The van der Waals surface area contributed by atoms with Crippen LogP contribution < -0.4 is 48.2 Å². The summed E-state index contributed by atoms with van der Waals surface area (Å²) in [7, 11) is 3.25. The van der Waals surface area contributed by atoms with Crippen molar-refractivity contribution in [2.75, 3.05) is 35.4 Å². The molecule has 0 bridgehead atoms. The minimum absolute atomic E-state index is 0.0159. The summed E-state index contributed by atoms with van der Waals surface area (Å²) in [5, 5.41) is 35.5. The Hall–Kier alpha value is -16.4. The highest BCUT2D eigenvalue weighted by Crippen LogP contribution is 2.39. The molecular formula is C100H86N25O8S4+. The molecule has 0 saturated carbocycles. The molecule has 4 N–H and O–H groups in total. The zero-order valence-electron chi connectivity index (χ0n) is 75.6. The number of allylic oxidation sites excluding steroid dienone is 1. The van der Waals surface area contributed by atoms with Crippen molar-refractivity contribution in [2.24, 2.45) is 0 Å². The molecule has 4 aromatic carbocycles. The molecular weight excluding hydrogens is 1810 g/mol. The SMILES string of the molecule is CC(C)n1c([C@H](C)Nc2nccc3scnc23)cc2cccc(-c3ccnnc3)c2c1=O.CC(C)n1c([C@H](C)Nc2nccc3scnc23)cc2cccc(C3=CCC(=O)[N+](C)=C3)c2c1=O.COc1ncc(-c2cccc3cc([C@H](C)Nc4nccc5scnc45)n(-c4ccon4)c(=O)c23)cn1.Cc1ncc(-c2cccc3cc([C@H](C)Nc4nccc5scnc45)n(-c4ccon4)c(=O)c23)cn1. The minimum atomic E-state index is -0.313. The second kappa shape index (κ2) is 38.7. The van der Waals surface area contributed by atoms with Crippen LogP contribution in [0.5, 0.6) is 6.01 Å². The molecule has 17 aromatic heterocycles. The van der Waals surface area contributed by atoms with Crippen LogP contribution >= 0.6 is 45.3 Å². The number of fused-ring (bicyclic) bond motifs is 8. The zero-order valence-corrected chi connectivity index (χ0v) is 78.9. The molecule has 1 amide bonds. The van der Waals surface area contributed by atoms with E-state index in [1.807, 2.05) is 204 Å². The highest BCUT2D eigenvalue weighted by molar-refractivity contribution is 7.17. The lowest BCUT2D eigenvalue weighted by Crippen LogP contribution is -2.29. The molecule has 22 rings (SSSR count). The number of pyridine rings is 8. The lowest BCUT2D eigenvalue weighted by molar-refractivity contribution is -0.413. The first kappa shape index (κ1) is 89.8. The fourth-order valence-corrected chi connectivity index (χ4v) is 19.8. The third kappa shape index (κ3) is 17.8. The van der Waals surface area contributed by atoms with Crippen LogP contribution in [0.3, 0.4) is 0 Å². The number of carbonyl (C=O) groups excluding carboxylic acids is 1. The molecule has 1 aliphatic rings. The zero-order chi connectivity index (χ0) is 94.8. The van der Waals surface area contributed by atoms with Crippen LogP contribution in [0, 0.1) is 6.92 Å². The Morgan fingerprint density at radius 3 is 1.12 bits per heavy atom. The molecule has 0 spiro atoms. The van der Waals surface area contributed by atoms with Gasteiger partial charge < -0.3 is 44.2 Å². The van der Waals surface area contributed by atoms with Gasteiger partial charge in [0.25, 0.3) is 22.2 Å². The van der Waals surface area contributed by atoms with Gasteiger partial charge in [-0.2, -0.15) is 14.8 Å². The largest absolute Gasteiger partial charge is 0.467 e. The number of methoxy groups -OCH3 is 1. The highest BCUT2D eigenvalue weighted by atomic mass is 32.1. The van der Waals surface area contributed by atoms with Crippen LogP contribution in [0.1, 0.15) is 132 Å². The van der Waals surface area contributed by atoms with Gasteiger partial charge in [0.05, 0.1) is 124 Å². The van der Waals surface area contributed by atoms with E-state index in [1.54, 1.807) is 157 Å². The Bertz CT molecular complexity index is 8470. The molecule has 0 fully saturated rings. The summed E-state index contributed by atoms with van der Waals surface area (Å²) in [5.74, 6) is 4.20. The van der Waals surface area contributed by atoms with E-state index in [1.165, 1.54) is 19.6 Å². The summed E-state index contributed by atoms with van der Waals surface area (Å²) in [6.45, 7) is 17.9. The Morgan fingerprint density at radius 1 is 0.394 bits per heavy atom. The van der Waals surface area contributed by atoms with Crippen LogP contribution in [-0.4, -0.2) is 129 Å². The summed E-state index contributed by atoms with van der Waals surface area (Å²) >= 11 is 6.25. The second-order valence-electron chi connectivity index (χ2n) is 32.9. The fraction of sp³-hybridized carbons (Fsp3) is 0.180. The van der Waals surface area contributed by atoms with Crippen molar-refractivity contribution in [1.82, 2.24) is 98.6 Å². The van der Waals surface area contributed by atoms with Gasteiger partial charge in [0, 0.05) is 113 Å². The molecule has 1 aliphatic heterocycles. The van der Waals surface area contributed by atoms with E-state index in [9.17, 15) is 24.0 Å². The maximum absolute atomic E-state index is 14.1. The van der Waals surface area contributed by atoms with Gasteiger partial charge in [-0.25, -0.2) is 64.6 Å². The van der Waals surface area contributed by atoms with Gasteiger partial charge in [-0.15, -0.1) is 45.3 Å². The number of thiazole rings is 4.